The van der Waals surface area contributed by atoms with Crippen molar-refractivity contribution in [1.29, 1.82) is 0 Å². The summed E-state index contributed by atoms with van der Waals surface area (Å²) in [7, 11) is 0. The second kappa shape index (κ2) is 13.2. The third kappa shape index (κ3) is 15.9. The fourth-order valence-corrected chi connectivity index (χ4v) is 0.402. The number of carboxylic acid groups (broad SMARTS) is 2. The van der Waals surface area contributed by atoms with E-state index in [1.807, 2.05) is 0 Å². The molecule has 1 atom stereocenters. The molecule has 0 saturated carbocycles. The quantitative estimate of drug-likeness (QED) is 0.418. The third-order valence-corrected chi connectivity index (χ3v) is 0.986. The van der Waals surface area contributed by atoms with Crippen LogP contribution in [0.1, 0.15) is 17.1 Å². The zero-order valence-electron chi connectivity index (χ0n) is 9.99. The molecule has 0 aromatic carbocycles. The van der Waals surface area contributed by atoms with Gasteiger partial charge in [-0.2, -0.15) is 0 Å². The minimum Gasteiger partial charge on any atom is -1.00 e. The van der Waals surface area contributed by atoms with Gasteiger partial charge in [-0.25, -0.2) is 0 Å². The topological polar surface area (TPSA) is 101 Å². The maximum Gasteiger partial charge on any atom is 2.00 e. The maximum atomic E-state index is 9.99. The number of aliphatic carboxylic acids is 2. The number of carbonyl (C=O) groups is 2. The summed E-state index contributed by atoms with van der Waals surface area (Å²) in [5.74, 6) is -2.20. The van der Waals surface area contributed by atoms with Gasteiger partial charge < -0.3 is 20.2 Å². The summed E-state index contributed by atoms with van der Waals surface area (Å²) in [6, 6.07) is -1.06. The molecule has 0 aromatic heterocycles. The van der Waals surface area contributed by atoms with E-state index in [-0.39, 0.29) is 87.1 Å². The molecule has 0 radical (unpaired) electrons. The molecule has 0 spiro atoms. The van der Waals surface area contributed by atoms with E-state index >= 15 is 0 Å². The van der Waals surface area contributed by atoms with Crippen LogP contribution in [0, 0.1) is 0 Å². The van der Waals surface area contributed by atoms with Crippen LogP contribution in [0.4, 0.5) is 0 Å². The van der Waals surface area contributed by atoms with Crippen molar-refractivity contribution in [3.8, 4) is 0 Å². The van der Waals surface area contributed by atoms with Crippen LogP contribution in [0.2, 0.25) is 0 Å². The fourth-order valence-electron chi connectivity index (χ4n) is 0.402. The fraction of sp³-hybridized carbons (Fsp3) is 0.600. The van der Waals surface area contributed by atoms with Gasteiger partial charge in [0.15, 0.2) is 17.4 Å². The average molecular weight is 227 g/mol. The van der Waals surface area contributed by atoms with Gasteiger partial charge in [0.25, 0.3) is 0 Å². The Labute approximate surface area is 129 Å². The summed E-state index contributed by atoms with van der Waals surface area (Å²) in [6.45, 7) is 0. The third-order valence-electron chi connectivity index (χ3n) is 0.986. The van der Waals surface area contributed by atoms with Crippen molar-refractivity contribution in [2.45, 2.75) is 18.9 Å². The molecule has 13 heavy (non-hydrogen) atoms. The normalized spacial score (nSPS) is 9.62. The van der Waals surface area contributed by atoms with Crippen LogP contribution in [0.25, 0.3) is 0 Å². The summed E-state index contributed by atoms with van der Waals surface area (Å²) in [6.07, 6.45) is -0.224. The Balaban J connectivity index is -0.0000000270. The van der Waals surface area contributed by atoms with E-state index < -0.39 is 18.0 Å². The molecule has 0 unspecified atom stereocenters. The molecule has 0 aliphatic carbocycles. The second-order valence-electron chi connectivity index (χ2n) is 1.88. The Morgan fingerprint density at radius 3 is 2.00 bits per heavy atom. The molecule has 0 rings (SSSR count). The van der Waals surface area contributed by atoms with Crippen molar-refractivity contribution in [3.05, 3.63) is 0 Å². The second-order valence-corrected chi connectivity index (χ2v) is 1.88. The molecule has 0 aliphatic rings. The molecule has 8 heteroatoms. The van der Waals surface area contributed by atoms with Crippen LogP contribution < -0.4 is 35.3 Å². The molecule has 0 amide bonds. The molecule has 0 bridgehead atoms. The molecule has 4 N–H and O–H groups in total. The van der Waals surface area contributed by atoms with Gasteiger partial charge in [-0.05, 0) is 6.42 Å². The van der Waals surface area contributed by atoms with Crippen LogP contribution >= 0.6 is 0 Å². The van der Waals surface area contributed by atoms with Crippen molar-refractivity contribution >= 4 is 52.4 Å². The molecule has 5 nitrogen and oxygen atoms in total. The van der Waals surface area contributed by atoms with Gasteiger partial charge in [0.2, 0.25) is 0 Å². The molecular weight excluding hydrogens is 212 g/mol. The first-order valence-corrected chi connectivity index (χ1v) is 2.74. The summed E-state index contributed by atoms with van der Waals surface area (Å²) in [5.41, 5.74) is 5.00. The summed E-state index contributed by atoms with van der Waals surface area (Å²) in [5, 5.41) is 16.3. The van der Waals surface area contributed by atoms with E-state index in [2.05, 4.69) is 0 Å². The number of hydrogen-bond acceptors (Lipinski definition) is 3. The number of hydrogen-bond donors (Lipinski definition) is 3. The van der Waals surface area contributed by atoms with Gasteiger partial charge in [-0.3, -0.25) is 9.59 Å². The summed E-state index contributed by atoms with van der Waals surface area (Å²) in [4.78, 5) is 19.9. The van der Waals surface area contributed by atoms with Gasteiger partial charge in [0.05, 0.1) is 0 Å². The molecule has 0 saturated heterocycles. The van der Waals surface area contributed by atoms with Crippen LogP contribution in [0.3, 0.4) is 0 Å². The van der Waals surface area contributed by atoms with Crippen molar-refractivity contribution < 1.29 is 53.6 Å². The average Bonchev–Trinajstić information content (AvgIpc) is 1.82. The van der Waals surface area contributed by atoms with Crippen molar-refractivity contribution in [1.82, 2.24) is 0 Å². The number of carboxylic acids is 2. The van der Waals surface area contributed by atoms with E-state index in [1.54, 1.807) is 0 Å². The Hall–Kier alpha value is 1.20. The molecule has 0 heterocycles. The Bertz CT molecular complexity index is 171. The zero-order chi connectivity index (χ0) is 8.15. The van der Waals surface area contributed by atoms with Crippen molar-refractivity contribution in [2.24, 2.45) is 5.73 Å². The van der Waals surface area contributed by atoms with Gasteiger partial charge in [-0.15, -0.1) is 0 Å². The standard InChI is InChI=1S/C5H9NO4.Al.Mg.Na.6H/c6-3(5(9)10)1-2-4(7)8;;;;;;;;;/h3H,1-2,6H2,(H,7,8)(H,9,10);;;;;;;;;/q;;+2;+1;;;;3*-1/t3-;;;;;;;;;/m0........./s1. The van der Waals surface area contributed by atoms with Gasteiger partial charge in [0, 0.05) is 6.42 Å². The maximum absolute atomic E-state index is 9.99. The van der Waals surface area contributed by atoms with Crippen LogP contribution in [-0.4, -0.2) is 68.6 Å². The first kappa shape index (κ1) is 23.8. The predicted molar refractivity (Wildman–Crippen MR) is 51.5 cm³/mol. The SMILES string of the molecule is N[C@@H](CCC(=O)O)C(=O)O.[AlH3].[H-].[H-].[H-].[Mg+2].[Na+]. The van der Waals surface area contributed by atoms with E-state index in [0.29, 0.717) is 0 Å². The smallest absolute Gasteiger partial charge is 1.00 e. The zero-order valence-corrected chi connectivity index (χ0v) is 10.4. The van der Waals surface area contributed by atoms with Gasteiger partial charge >= 0.3 is 64.5 Å². The van der Waals surface area contributed by atoms with E-state index in [1.165, 1.54) is 0 Å². The van der Waals surface area contributed by atoms with Crippen molar-refractivity contribution in [3.63, 3.8) is 0 Å². The number of nitrogens with two attached hydrogens (primary N) is 1. The molecule has 0 aromatic rings. The first-order valence-electron chi connectivity index (χ1n) is 2.74. The Morgan fingerprint density at radius 1 is 1.38 bits per heavy atom. The Kier molecular flexibility index (Phi) is 24.1. The summed E-state index contributed by atoms with van der Waals surface area (Å²) >= 11 is 0. The van der Waals surface area contributed by atoms with E-state index in [4.69, 9.17) is 15.9 Å². The predicted octanol–water partition coefficient (Wildman–Crippen LogP) is -4.96. The minimum absolute atomic E-state index is 0. The van der Waals surface area contributed by atoms with Crippen LogP contribution in [0.5, 0.6) is 0 Å². The van der Waals surface area contributed by atoms with Crippen LogP contribution in [0.15, 0.2) is 0 Å². The monoisotopic (exact) mass is 227 g/mol. The van der Waals surface area contributed by atoms with E-state index in [9.17, 15) is 9.59 Å². The largest absolute Gasteiger partial charge is 2.00 e. The molecule has 0 fully saturated rings. The van der Waals surface area contributed by atoms with Gasteiger partial charge in [0.1, 0.15) is 6.04 Å². The minimum atomic E-state index is -1.17. The molecular formula is C5H15AlMgNNaO4. The van der Waals surface area contributed by atoms with Crippen LogP contribution in [-0.2, 0) is 9.59 Å². The van der Waals surface area contributed by atoms with Crippen molar-refractivity contribution in [2.75, 3.05) is 0 Å². The summed E-state index contributed by atoms with van der Waals surface area (Å²) < 4.78 is 0. The van der Waals surface area contributed by atoms with E-state index in [0.717, 1.165) is 0 Å². The van der Waals surface area contributed by atoms with Gasteiger partial charge in [-0.1, -0.05) is 0 Å². The first-order chi connectivity index (χ1) is 4.54. The number of rotatable bonds is 4. The molecule has 0 aliphatic heterocycles. The molecule has 70 valence electrons. The Morgan fingerprint density at radius 2 is 1.77 bits per heavy atom.